The van der Waals surface area contributed by atoms with Crippen molar-refractivity contribution in [1.29, 1.82) is 0 Å². The lowest BCUT2D eigenvalue weighted by molar-refractivity contribution is 0.247. The molecule has 1 aliphatic carbocycles. The Hall–Kier alpha value is -1.91. The normalized spacial score (nSPS) is 18.9. The second kappa shape index (κ2) is 7.38. The molecule has 5 nitrogen and oxygen atoms in total. The zero-order chi connectivity index (χ0) is 15.2. The van der Waals surface area contributed by atoms with E-state index < -0.39 is 0 Å². The van der Waals surface area contributed by atoms with Gasteiger partial charge in [-0.25, -0.2) is 4.79 Å². The molecule has 1 saturated carbocycles. The highest BCUT2D eigenvalue weighted by Gasteiger charge is 2.16. The summed E-state index contributed by atoms with van der Waals surface area (Å²) in [4.78, 5) is 12.1. The Morgan fingerprint density at radius 1 is 0.955 bits per heavy atom. The number of rotatable bonds is 2. The molecular weight excluding hydrogens is 280 g/mol. The van der Waals surface area contributed by atoms with Crippen molar-refractivity contribution in [3.8, 4) is 11.5 Å². The fraction of sp³-hybridized carbons (Fsp3) is 0.588. The summed E-state index contributed by atoms with van der Waals surface area (Å²) in [6, 6.07) is 5.68. The summed E-state index contributed by atoms with van der Waals surface area (Å²) in [5.41, 5.74) is 0.732. The van der Waals surface area contributed by atoms with Crippen LogP contribution in [0.2, 0.25) is 0 Å². The number of amides is 2. The first-order chi connectivity index (χ1) is 10.8. The second-order valence-electron chi connectivity index (χ2n) is 6.00. The number of benzene rings is 1. The van der Waals surface area contributed by atoms with Gasteiger partial charge in [-0.2, -0.15) is 0 Å². The maximum absolute atomic E-state index is 12.1. The third-order valence-corrected chi connectivity index (χ3v) is 4.20. The van der Waals surface area contributed by atoms with Gasteiger partial charge in [-0.05, 0) is 25.0 Å². The largest absolute Gasteiger partial charge is 0.490 e. The SMILES string of the molecule is O=C(Nc1ccc2c(c1)OCCCO2)NC1CCCCCC1. The van der Waals surface area contributed by atoms with E-state index in [1.165, 1.54) is 25.7 Å². The van der Waals surface area contributed by atoms with Crippen LogP contribution in [-0.2, 0) is 0 Å². The van der Waals surface area contributed by atoms with E-state index in [1.807, 2.05) is 18.2 Å². The molecule has 2 amide bonds. The molecule has 0 bridgehead atoms. The summed E-state index contributed by atoms with van der Waals surface area (Å²) in [7, 11) is 0. The molecule has 1 aliphatic heterocycles. The monoisotopic (exact) mass is 304 g/mol. The fourth-order valence-corrected chi connectivity index (χ4v) is 3.02. The van der Waals surface area contributed by atoms with E-state index in [4.69, 9.17) is 9.47 Å². The van der Waals surface area contributed by atoms with Crippen molar-refractivity contribution < 1.29 is 14.3 Å². The lowest BCUT2D eigenvalue weighted by Crippen LogP contribution is -2.37. The standard InChI is InChI=1S/C17H24N2O3/c20-17(18-13-6-3-1-2-4-7-13)19-14-8-9-15-16(12-14)22-11-5-10-21-15/h8-9,12-13H,1-7,10-11H2,(H2,18,19,20). The van der Waals surface area contributed by atoms with Gasteiger partial charge >= 0.3 is 6.03 Å². The first-order valence-corrected chi connectivity index (χ1v) is 8.28. The second-order valence-corrected chi connectivity index (χ2v) is 6.00. The van der Waals surface area contributed by atoms with E-state index in [0.29, 0.717) is 25.0 Å². The predicted molar refractivity (Wildman–Crippen MR) is 85.7 cm³/mol. The number of hydrogen-bond acceptors (Lipinski definition) is 3. The van der Waals surface area contributed by atoms with E-state index in [2.05, 4.69) is 10.6 Å². The number of carbonyl (C=O) groups is 1. The number of fused-ring (bicyclic) bond motifs is 1. The van der Waals surface area contributed by atoms with Gasteiger partial charge in [-0.15, -0.1) is 0 Å². The smallest absolute Gasteiger partial charge is 0.319 e. The molecule has 2 N–H and O–H groups in total. The molecule has 0 saturated heterocycles. The lowest BCUT2D eigenvalue weighted by atomic mass is 10.1. The Bertz CT molecular complexity index is 511. The van der Waals surface area contributed by atoms with E-state index in [1.54, 1.807) is 0 Å². The highest BCUT2D eigenvalue weighted by molar-refractivity contribution is 5.89. The van der Waals surface area contributed by atoms with Crippen LogP contribution in [0.5, 0.6) is 11.5 Å². The Morgan fingerprint density at radius 3 is 2.45 bits per heavy atom. The van der Waals surface area contributed by atoms with Gasteiger partial charge < -0.3 is 20.1 Å². The van der Waals surface area contributed by atoms with E-state index in [9.17, 15) is 4.79 Å². The van der Waals surface area contributed by atoms with Gasteiger partial charge in [0.05, 0.1) is 13.2 Å². The van der Waals surface area contributed by atoms with E-state index in [-0.39, 0.29) is 6.03 Å². The number of ether oxygens (including phenoxy) is 2. The molecule has 0 spiro atoms. The van der Waals surface area contributed by atoms with E-state index in [0.717, 1.165) is 30.7 Å². The summed E-state index contributed by atoms with van der Waals surface area (Å²) in [6.07, 6.45) is 8.00. The Labute approximate surface area is 131 Å². The molecule has 1 aromatic rings. The molecule has 0 aromatic heterocycles. The molecule has 0 unspecified atom stereocenters. The van der Waals surface area contributed by atoms with Crippen molar-refractivity contribution >= 4 is 11.7 Å². The van der Waals surface area contributed by atoms with Crippen LogP contribution in [-0.4, -0.2) is 25.3 Å². The molecule has 120 valence electrons. The van der Waals surface area contributed by atoms with Crippen LogP contribution in [0.4, 0.5) is 10.5 Å². The fourth-order valence-electron chi connectivity index (χ4n) is 3.02. The number of carbonyl (C=O) groups excluding carboxylic acids is 1. The molecule has 0 atom stereocenters. The summed E-state index contributed by atoms with van der Waals surface area (Å²) >= 11 is 0. The Morgan fingerprint density at radius 2 is 1.68 bits per heavy atom. The third-order valence-electron chi connectivity index (χ3n) is 4.20. The Kier molecular flexibility index (Phi) is 5.03. The molecular formula is C17H24N2O3. The van der Waals surface area contributed by atoms with Crippen molar-refractivity contribution in [2.75, 3.05) is 18.5 Å². The summed E-state index contributed by atoms with van der Waals surface area (Å²) < 4.78 is 11.2. The van der Waals surface area contributed by atoms with Crippen molar-refractivity contribution in [3.05, 3.63) is 18.2 Å². The van der Waals surface area contributed by atoms with Crippen LogP contribution < -0.4 is 20.1 Å². The summed E-state index contributed by atoms with van der Waals surface area (Å²) in [5, 5.41) is 5.97. The third kappa shape index (κ3) is 4.06. The zero-order valence-corrected chi connectivity index (χ0v) is 12.9. The number of urea groups is 1. The minimum atomic E-state index is -0.138. The maximum Gasteiger partial charge on any atom is 0.319 e. The summed E-state index contributed by atoms with van der Waals surface area (Å²) in [6.45, 7) is 1.31. The van der Waals surface area contributed by atoms with Crippen LogP contribution >= 0.6 is 0 Å². The van der Waals surface area contributed by atoms with Crippen molar-refractivity contribution in [2.45, 2.75) is 51.0 Å². The molecule has 0 radical (unpaired) electrons. The van der Waals surface area contributed by atoms with Crippen LogP contribution in [0.15, 0.2) is 18.2 Å². The molecule has 5 heteroatoms. The quantitative estimate of drug-likeness (QED) is 0.819. The molecule has 1 heterocycles. The van der Waals surface area contributed by atoms with Crippen LogP contribution in [0, 0.1) is 0 Å². The molecule has 1 fully saturated rings. The Balaban J connectivity index is 1.57. The highest BCUT2D eigenvalue weighted by atomic mass is 16.5. The first-order valence-electron chi connectivity index (χ1n) is 8.28. The average Bonchev–Trinajstić information content (AvgIpc) is 2.89. The van der Waals surface area contributed by atoms with Gasteiger partial charge in [0.15, 0.2) is 11.5 Å². The number of nitrogens with one attached hydrogen (secondary N) is 2. The first kappa shape index (κ1) is 15.0. The van der Waals surface area contributed by atoms with Gasteiger partial charge in [0, 0.05) is 24.2 Å². The molecule has 3 rings (SSSR count). The van der Waals surface area contributed by atoms with Gasteiger partial charge in [-0.1, -0.05) is 25.7 Å². The maximum atomic E-state index is 12.1. The number of hydrogen-bond donors (Lipinski definition) is 2. The van der Waals surface area contributed by atoms with Crippen molar-refractivity contribution in [2.24, 2.45) is 0 Å². The minimum absolute atomic E-state index is 0.138. The molecule has 1 aromatic carbocycles. The van der Waals surface area contributed by atoms with Crippen LogP contribution in [0.25, 0.3) is 0 Å². The van der Waals surface area contributed by atoms with Gasteiger partial charge in [0.2, 0.25) is 0 Å². The van der Waals surface area contributed by atoms with Gasteiger partial charge in [0.1, 0.15) is 0 Å². The average molecular weight is 304 g/mol. The number of anilines is 1. The summed E-state index contributed by atoms with van der Waals surface area (Å²) in [5.74, 6) is 1.44. The molecule has 22 heavy (non-hydrogen) atoms. The topological polar surface area (TPSA) is 59.6 Å². The lowest BCUT2D eigenvalue weighted by Gasteiger charge is -2.17. The predicted octanol–water partition coefficient (Wildman–Crippen LogP) is 3.69. The van der Waals surface area contributed by atoms with Gasteiger partial charge in [-0.3, -0.25) is 0 Å². The van der Waals surface area contributed by atoms with Gasteiger partial charge in [0.25, 0.3) is 0 Å². The van der Waals surface area contributed by atoms with E-state index >= 15 is 0 Å². The van der Waals surface area contributed by atoms with Crippen LogP contribution in [0.3, 0.4) is 0 Å². The van der Waals surface area contributed by atoms with Crippen molar-refractivity contribution in [1.82, 2.24) is 5.32 Å². The van der Waals surface area contributed by atoms with Crippen LogP contribution in [0.1, 0.15) is 44.9 Å². The zero-order valence-electron chi connectivity index (χ0n) is 12.9. The van der Waals surface area contributed by atoms with Crippen molar-refractivity contribution in [3.63, 3.8) is 0 Å². The molecule has 2 aliphatic rings. The highest BCUT2D eigenvalue weighted by Crippen LogP contribution is 2.32. The minimum Gasteiger partial charge on any atom is -0.490 e.